The molecule has 2 N–H and O–H groups in total. The number of nitrogens with zero attached hydrogens (tertiary/aromatic N) is 1. The van der Waals surface area contributed by atoms with Gasteiger partial charge in [0.05, 0.1) is 6.04 Å². The number of carbonyl (C=O) groups excluding carboxylic acids is 1. The second kappa shape index (κ2) is 6.90. The van der Waals surface area contributed by atoms with Crippen molar-refractivity contribution in [2.75, 3.05) is 19.1 Å². The van der Waals surface area contributed by atoms with E-state index in [1.165, 1.54) is 0 Å². The van der Waals surface area contributed by atoms with Crippen LogP contribution in [-0.2, 0) is 4.79 Å². The molecule has 0 aromatic heterocycles. The minimum Gasteiger partial charge on any atom is -0.341 e. The number of likely N-dealkylation sites (N-methyl/N-ethyl adjacent to an activating group) is 1. The van der Waals surface area contributed by atoms with Gasteiger partial charge >= 0.3 is 0 Å². The second-order valence-corrected chi connectivity index (χ2v) is 4.30. The molecule has 0 heterocycles. The van der Waals surface area contributed by atoms with Crippen molar-refractivity contribution in [2.24, 2.45) is 5.73 Å². The molecule has 0 bridgehead atoms. The third-order valence-electron chi connectivity index (χ3n) is 2.15. The van der Waals surface area contributed by atoms with Gasteiger partial charge in [0.1, 0.15) is 0 Å². The molecule has 0 saturated heterocycles. The molecule has 2 unspecified atom stereocenters. The smallest absolute Gasteiger partial charge is 0.239 e. The summed E-state index contributed by atoms with van der Waals surface area (Å²) in [5.41, 5.74) is 5.69. The van der Waals surface area contributed by atoms with E-state index in [0.29, 0.717) is 6.42 Å². The van der Waals surface area contributed by atoms with E-state index >= 15 is 0 Å². The fraction of sp³-hybridized carbons (Fsp3) is 0.700. The van der Waals surface area contributed by atoms with Crippen molar-refractivity contribution in [3.63, 3.8) is 0 Å². The van der Waals surface area contributed by atoms with Crippen LogP contribution in [0.1, 0.15) is 13.3 Å². The maximum Gasteiger partial charge on any atom is 0.239 e. The van der Waals surface area contributed by atoms with Crippen molar-refractivity contribution < 1.29 is 4.79 Å². The summed E-state index contributed by atoms with van der Waals surface area (Å²) in [6.07, 6.45) is 4.24. The monoisotopic (exact) mass is 216 g/mol. The molecule has 0 spiro atoms. The van der Waals surface area contributed by atoms with E-state index in [4.69, 9.17) is 5.73 Å². The van der Waals surface area contributed by atoms with E-state index in [0.717, 1.165) is 5.75 Å². The fourth-order valence-corrected chi connectivity index (χ4v) is 1.82. The molecule has 82 valence electrons. The molecule has 0 radical (unpaired) electrons. The lowest BCUT2D eigenvalue weighted by Crippen LogP contribution is -2.46. The fourth-order valence-electron chi connectivity index (χ4n) is 1.11. The van der Waals surface area contributed by atoms with E-state index in [2.05, 4.69) is 6.58 Å². The largest absolute Gasteiger partial charge is 0.341 e. The minimum atomic E-state index is -0.443. The van der Waals surface area contributed by atoms with Crippen LogP contribution in [0, 0.1) is 0 Å². The number of rotatable bonds is 6. The van der Waals surface area contributed by atoms with Crippen LogP contribution in [-0.4, -0.2) is 41.9 Å². The van der Waals surface area contributed by atoms with Gasteiger partial charge in [0.15, 0.2) is 0 Å². The molecule has 4 heteroatoms. The molecule has 1 amide bonds. The Hall–Kier alpha value is -0.480. The number of carbonyl (C=O) groups is 1. The van der Waals surface area contributed by atoms with E-state index in [9.17, 15) is 4.79 Å². The molecule has 0 aliphatic heterocycles. The highest BCUT2D eigenvalue weighted by Gasteiger charge is 2.20. The van der Waals surface area contributed by atoms with Gasteiger partial charge < -0.3 is 10.6 Å². The SMILES string of the molecule is C=CCC(N)C(=O)N(C)C(C)CSC. The van der Waals surface area contributed by atoms with Crippen LogP contribution in [0.4, 0.5) is 0 Å². The third kappa shape index (κ3) is 4.15. The van der Waals surface area contributed by atoms with Crippen molar-refractivity contribution in [1.82, 2.24) is 4.90 Å². The van der Waals surface area contributed by atoms with Gasteiger partial charge in [0.2, 0.25) is 5.91 Å². The number of hydrogen-bond acceptors (Lipinski definition) is 3. The maximum atomic E-state index is 11.7. The molecule has 14 heavy (non-hydrogen) atoms. The summed E-state index contributed by atoms with van der Waals surface area (Å²) >= 11 is 1.73. The standard InChI is InChI=1S/C10H20N2OS/c1-5-6-9(11)10(13)12(3)8(2)7-14-4/h5,8-9H,1,6-7,11H2,2-4H3. The van der Waals surface area contributed by atoms with Gasteiger partial charge in [-0.05, 0) is 19.6 Å². The Bertz CT molecular complexity index is 197. The molecule has 3 nitrogen and oxygen atoms in total. The highest BCUT2D eigenvalue weighted by molar-refractivity contribution is 7.98. The van der Waals surface area contributed by atoms with Crippen molar-refractivity contribution in [3.05, 3.63) is 12.7 Å². The Kier molecular flexibility index (Phi) is 6.66. The van der Waals surface area contributed by atoms with Gasteiger partial charge in [-0.1, -0.05) is 6.08 Å². The van der Waals surface area contributed by atoms with Gasteiger partial charge in [-0.3, -0.25) is 4.79 Å². The molecule has 2 atom stereocenters. The quantitative estimate of drug-likeness (QED) is 0.676. The van der Waals surface area contributed by atoms with Crippen LogP contribution >= 0.6 is 11.8 Å². The molecule has 0 aliphatic carbocycles. The van der Waals surface area contributed by atoms with E-state index in [1.54, 1.807) is 29.8 Å². The zero-order chi connectivity index (χ0) is 11.1. The predicted molar refractivity (Wildman–Crippen MR) is 63.4 cm³/mol. The summed E-state index contributed by atoms with van der Waals surface area (Å²) in [6.45, 7) is 5.59. The normalized spacial score (nSPS) is 14.6. The van der Waals surface area contributed by atoms with Crippen LogP contribution in [0.25, 0.3) is 0 Å². The lowest BCUT2D eigenvalue weighted by Gasteiger charge is -2.26. The molecule has 0 rings (SSSR count). The Morgan fingerprint density at radius 3 is 2.71 bits per heavy atom. The zero-order valence-electron chi connectivity index (χ0n) is 9.19. The molecule has 0 aromatic carbocycles. The van der Waals surface area contributed by atoms with Crippen LogP contribution in [0.15, 0.2) is 12.7 Å². The average Bonchev–Trinajstić information content (AvgIpc) is 2.16. The highest BCUT2D eigenvalue weighted by atomic mass is 32.2. The number of thioether (sulfide) groups is 1. The summed E-state index contributed by atoms with van der Waals surface area (Å²) < 4.78 is 0. The lowest BCUT2D eigenvalue weighted by atomic mass is 10.2. The zero-order valence-corrected chi connectivity index (χ0v) is 10.0. The van der Waals surface area contributed by atoms with Crippen LogP contribution in [0.3, 0.4) is 0 Å². The summed E-state index contributed by atoms with van der Waals surface area (Å²) in [4.78, 5) is 13.4. The predicted octanol–water partition coefficient (Wildman–Crippen LogP) is 1.10. The Labute approximate surface area is 90.7 Å². The van der Waals surface area contributed by atoms with Gasteiger partial charge in [-0.2, -0.15) is 11.8 Å². The van der Waals surface area contributed by atoms with Gasteiger partial charge in [-0.25, -0.2) is 0 Å². The first kappa shape index (κ1) is 13.5. The van der Waals surface area contributed by atoms with Crippen molar-refractivity contribution in [3.8, 4) is 0 Å². The number of hydrogen-bond donors (Lipinski definition) is 1. The first-order chi connectivity index (χ1) is 6.54. The topological polar surface area (TPSA) is 46.3 Å². The minimum absolute atomic E-state index is 0.00792. The average molecular weight is 216 g/mol. The van der Waals surface area contributed by atoms with Crippen molar-refractivity contribution in [2.45, 2.75) is 25.4 Å². The molecular formula is C10H20N2OS. The second-order valence-electron chi connectivity index (χ2n) is 3.38. The molecule has 0 fully saturated rings. The van der Waals surface area contributed by atoms with Crippen LogP contribution in [0.5, 0.6) is 0 Å². The molecular weight excluding hydrogens is 196 g/mol. The van der Waals surface area contributed by atoms with E-state index in [-0.39, 0.29) is 11.9 Å². The van der Waals surface area contributed by atoms with Crippen molar-refractivity contribution >= 4 is 17.7 Å². The molecule has 0 aliphatic rings. The first-order valence-corrected chi connectivity index (χ1v) is 6.06. The Morgan fingerprint density at radius 2 is 2.29 bits per heavy atom. The Balaban J connectivity index is 4.15. The number of nitrogens with two attached hydrogens (primary N) is 1. The van der Waals surface area contributed by atoms with Crippen molar-refractivity contribution in [1.29, 1.82) is 0 Å². The first-order valence-electron chi connectivity index (χ1n) is 4.66. The van der Waals surface area contributed by atoms with Crippen LogP contribution < -0.4 is 5.73 Å². The summed E-state index contributed by atoms with van der Waals surface area (Å²) in [7, 11) is 1.80. The third-order valence-corrected chi connectivity index (χ3v) is 2.97. The molecule has 0 saturated carbocycles. The highest BCUT2D eigenvalue weighted by Crippen LogP contribution is 2.06. The summed E-state index contributed by atoms with van der Waals surface area (Å²) in [6, 6.07) is -0.213. The van der Waals surface area contributed by atoms with Gasteiger partial charge in [-0.15, -0.1) is 6.58 Å². The van der Waals surface area contributed by atoms with Gasteiger partial charge in [0, 0.05) is 18.8 Å². The molecule has 0 aromatic rings. The Morgan fingerprint density at radius 1 is 1.71 bits per heavy atom. The summed E-state index contributed by atoms with van der Waals surface area (Å²) in [5.74, 6) is 0.926. The maximum absolute atomic E-state index is 11.7. The van der Waals surface area contributed by atoms with Gasteiger partial charge in [0.25, 0.3) is 0 Å². The number of amides is 1. The summed E-state index contributed by atoms with van der Waals surface area (Å²) in [5, 5.41) is 0. The van der Waals surface area contributed by atoms with E-state index in [1.807, 2.05) is 13.2 Å². The van der Waals surface area contributed by atoms with Crippen LogP contribution in [0.2, 0.25) is 0 Å². The van der Waals surface area contributed by atoms with E-state index < -0.39 is 6.04 Å². The lowest BCUT2D eigenvalue weighted by molar-refractivity contribution is -0.132.